The average molecular weight is 236 g/mol. The molecule has 1 atom stereocenters. The highest BCUT2D eigenvalue weighted by Crippen LogP contribution is 2.37. The third-order valence-electron chi connectivity index (χ3n) is 2.13. The van der Waals surface area contributed by atoms with Crippen LogP contribution in [-0.2, 0) is 0 Å². The van der Waals surface area contributed by atoms with Crippen LogP contribution < -0.4 is 11.5 Å². The van der Waals surface area contributed by atoms with Crippen molar-refractivity contribution in [3.8, 4) is 5.75 Å². The molecule has 0 bridgehead atoms. The molecule has 1 rings (SSSR count). The van der Waals surface area contributed by atoms with E-state index in [9.17, 15) is 18.3 Å². The summed E-state index contributed by atoms with van der Waals surface area (Å²) in [5.41, 5.74) is 9.39. The minimum atomic E-state index is -3.67. The molecule has 0 amide bonds. The molecule has 1 aromatic rings. The van der Waals surface area contributed by atoms with Gasteiger partial charge < -0.3 is 21.7 Å². The highest BCUT2D eigenvalue weighted by molar-refractivity contribution is 5.57. The van der Waals surface area contributed by atoms with E-state index in [0.717, 1.165) is 6.07 Å². The number of nitrogen functional groups attached to an aromatic ring is 1. The first-order chi connectivity index (χ1) is 7.29. The lowest BCUT2D eigenvalue weighted by molar-refractivity contribution is -0.0716. The number of nitrogens with two attached hydrogens (primary N) is 2. The number of anilines is 1. The van der Waals surface area contributed by atoms with Gasteiger partial charge in [-0.05, 0) is 6.07 Å². The van der Waals surface area contributed by atoms with Gasteiger partial charge in [0.2, 0.25) is 0 Å². The first kappa shape index (κ1) is 12.6. The van der Waals surface area contributed by atoms with E-state index in [-0.39, 0.29) is 5.69 Å². The number of rotatable bonds is 3. The molecule has 16 heavy (non-hydrogen) atoms. The van der Waals surface area contributed by atoms with Crippen molar-refractivity contribution < 1.29 is 23.4 Å². The lowest BCUT2D eigenvalue weighted by atomic mass is 10.00. The van der Waals surface area contributed by atoms with Crippen molar-refractivity contribution in [2.45, 2.75) is 12.0 Å². The van der Waals surface area contributed by atoms with Gasteiger partial charge in [-0.2, -0.15) is 0 Å². The van der Waals surface area contributed by atoms with Gasteiger partial charge in [0.05, 0.1) is 5.69 Å². The quantitative estimate of drug-likeness (QED) is 0.460. The molecule has 0 aliphatic heterocycles. The van der Waals surface area contributed by atoms with Crippen LogP contribution in [0, 0.1) is 5.82 Å². The number of aliphatic hydroxyl groups excluding tert-OH is 1. The molecule has 0 saturated carbocycles. The Kier molecular flexibility index (Phi) is 3.30. The van der Waals surface area contributed by atoms with Crippen LogP contribution in [0.1, 0.15) is 11.6 Å². The number of phenols is 1. The maximum atomic E-state index is 13.0. The number of hydrogen-bond acceptors (Lipinski definition) is 4. The van der Waals surface area contributed by atoms with E-state index in [1.807, 2.05) is 0 Å². The minimum absolute atomic E-state index is 0.390. The summed E-state index contributed by atoms with van der Waals surface area (Å²) in [7, 11) is 0. The molecule has 0 saturated heterocycles. The number of halogens is 3. The fourth-order valence-electron chi connectivity index (χ4n) is 1.21. The van der Waals surface area contributed by atoms with Crippen LogP contribution >= 0.6 is 0 Å². The van der Waals surface area contributed by atoms with Crippen LogP contribution in [0.3, 0.4) is 0 Å². The Labute approximate surface area is 89.3 Å². The van der Waals surface area contributed by atoms with Crippen molar-refractivity contribution in [1.82, 2.24) is 0 Å². The van der Waals surface area contributed by atoms with Crippen molar-refractivity contribution in [2.75, 3.05) is 12.3 Å². The second kappa shape index (κ2) is 4.18. The first-order valence-corrected chi connectivity index (χ1v) is 4.31. The van der Waals surface area contributed by atoms with Crippen LogP contribution in [-0.4, -0.2) is 22.7 Å². The van der Waals surface area contributed by atoms with E-state index < -0.39 is 35.7 Å². The van der Waals surface area contributed by atoms with Gasteiger partial charge in [0.1, 0.15) is 24.2 Å². The van der Waals surface area contributed by atoms with Gasteiger partial charge in [0.15, 0.2) is 0 Å². The predicted molar refractivity (Wildman–Crippen MR) is 51.4 cm³/mol. The van der Waals surface area contributed by atoms with Gasteiger partial charge >= 0.3 is 0 Å². The normalized spacial score (nSPS) is 13.8. The zero-order valence-electron chi connectivity index (χ0n) is 8.12. The molecular formula is C9H11F3N2O2. The van der Waals surface area contributed by atoms with Gasteiger partial charge in [-0.15, -0.1) is 0 Å². The number of benzene rings is 1. The molecular weight excluding hydrogens is 225 g/mol. The fourth-order valence-corrected chi connectivity index (χ4v) is 1.21. The summed E-state index contributed by atoms with van der Waals surface area (Å²) in [5, 5.41) is 17.8. The maximum Gasteiger partial charge on any atom is 0.289 e. The van der Waals surface area contributed by atoms with E-state index in [1.54, 1.807) is 0 Å². The van der Waals surface area contributed by atoms with Crippen molar-refractivity contribution in [3.63, 3.8) is 0 Å². The maximum absolute atomic E-state index is 13.0. The van der Waals surface area contributed by atoms with Gasteiger partial charge in [0, 0.05) is 11.6 Å². The molecule has 7 heteroatoms. The molecule has 0 unspecified atom stereocenters. The van der Waals surface area contributed by atoms with Gasteiger partial charge in [-0.1, -0.05) is 0 Å². The molecule has 0 heterocycles. The molecule has 0 fully saturated rings. The SMILES string of the molecule is Nc1cc(F)cc([C@@H](N)C(F)(F)CO)c1O. The lowest BCUT2D eigenvalue weighted by Gasteiger charge is -2.22. The Morgan fingerprint density at radius 2 is 1.94 bits per heavy atom. The Bertz CT molecular complexity index is 399. The molecule has 1 aromatic carbocycles. The Balaban J connectivity index is 3.23. The minimum Gasteiger partial charge on any atom is -0.505 e. The molecule has 90 valence electrons. The summed E-state index contributed by atoms with van der Waals surface area (Å²) < 4.78 is 39.0. The molecule has 0 aliphatic rings. The monoisotopic (exact) mass is 236 g/mol. The van der Waals surface area contributed by atoms with Gasteiger partial charge in [-0.3, -0.25) is 0 Å². The zero-order valence-corrected chi connectivity index (χ0v) is 8.12. The Hall–Kier alpha value is -1.47. The van der Waals surface area contributed by atoms with Crippen molar-refractivity contribution in [1.29, 1.82) is 0 Å². The van der Waals surface area contributed by atoms with E-state index in [1.165, 1.54) is 0 Å². The van der Waals surface area contributed by atoms with Gasteiger partial charge in [-0.25, -0.2) is 13.2 Å². The summed E-state index contributed by atoms with van der Waals surface area (Å²) in [6.07, 6.45) is 0. The number of aliphatic hydroxyl groups is 1. The highest BCUT2D eigenvalue weighted by atomic mass is 19.3. The predicted octanol–water partition coefficient (Wildman–Crippen LogP) is 0.741. The summed E-state index contributed by atoms with van der Waals surface area (Å²) >= 11 is 0. The molecule has 0 radical (unpaired) electrons. The standard InChI is InChI=1S/C9H11F3N2O2/c10-4-1-5(7(16)6(13)2-4)8(14)9(11,12)3-15/h1-2,8,15-16H,3,13-14H2/t8-/m1/s1. The van der Waals surface area contributed by atoms with E-state index >= 15 is 0 Å². The van der Waals surface area contributed by atoms with Crippen molar-refractivity contribution in [3.05, 3.63) is 23.5 Å². The van der Waals surface area contributed by atoms with E-state index in [0.29, 0.717) is 6.07 Å². The highest BCUT2D eigenvalue weighted by Gasteiger charge is 2.39. The van der Waals surface area contributed by atoms with E-state index in [4.69, 9.17) is 16.6 Å². The third kappa shape index (κ3) is 2.20. The lowest BCUT2D eigenvalue weighted by Crippen LogP contribution is -2.36. The van der Waals surface area contributed by atoms with Crippen LogP contribution in [0.2, 0.25) is 0 Å². The van der Waals surface area contributed by atoms with Crippen LogP contribution in [0.5, 0.6) is 5.75 Å². The second-order valence-corrected chi connectivity index (χ2v) is 3.33. The number of aromatic hydroxyl groups is 1. The van der Waals surface area contributed by atoms with Crippen molar-refractivity contribution >= 4 is 5.69 Å². The van der Waals surface area contributed by atoms with Crippen LogP contribution in [0.25, 0.3) is 0 Å². The number of phenolic OH excluding ortho intramolecular Hbond substituents is 1. The zero-order chi connectivity index (χ0) is 12.5. The number of hydrogen-bond donors (Lipinski definition) is 4. The summed E-state index contributed by atoms with van der Waals surface area (Å²) in [5.74, 6) is -5.27. The molecule has 0 aromatic heterocycles. The summed E-state index contributed by atoms with van der Waals surface area (Å²) in [6, 6.07) is -0.599. The molecule has 4 nitrogen and oxygen atoms in total. The summed E-state index contributed by atoms with van der Waals surface area (Å²) in [4.78, 5) is 0. The van der Waals surface area contributed by atoms with Crippen molar-refractivity contribution in [2.24, 2.45) is 5.73 Å². The Morgan fingerprint density at radius 3 is 2.44 bits per heavy atom. The topological polar surface area (TPSA) is 92.5 Å². The molecule has 6 N–H and O–H groups in total. The Morgan fingerprint density at radius 1 is 1.38 bits per heavy atom. The van der Waals surface area contributed by atoms with Crippen LogP contribution in [0.4, 0.5) is 18.9 Å². The first-order valence-electron chi connectivity index (χ1n) is 4.31. The third-order valence-corrected chi connectivity index (χ3v) is 2.13. The smallest absolute Gasteiger partial charge is 0.289 e. The van der Waals surface area contributed by atoms with Crippen LogP contribution in [0.15, 0.2) is 12.1 Å². The summed E-state index contributed by atoms with van der Waals surface area (Å²) in [6.45, 7) is -1.51. The largest absolute Gasteiger partial charge is 0.505 e. The number of alkyl halides is 2. The molecule has 0 aliphatic carbocycles. The fraction of sp³-hybridized carbons (Fsp3) is 0.333. The second-order valence-electron chi connectivity index (χ2n) is 3.33. The average Bonchev–Trinajstić information content (AvgIpc) is 2.22. The molecule has 0 spiro atoms. The van der Waals surface area contributed by atoms with E-state index in [2.05, 4.69) is 0 Å². The van der Waals surface area contributed by atoms with Gasteiger partial charge in [0.25, 0.3) is 5.92 Å².